The maximum absolute atomic E-state index is 9.10. The highest BCUT2D eigenvalue weighted by atomic mass is 35.5. The molecule has 0 unspecified atom stereocenters. The molecular formula is C15H15ClN4SSi. The maximum Gasteiger partial charge on any atom is 0.183 e. The summed E-state index contributed by atoms with van der Waals surface area (Å²) in [6, 6.07) is 5.28. The van der Waals surface area contributed by atoms with Crippen molar-refractivity contribution < 1.29 is 0 Å². The second-order valence-electron chi connectivity index (χ2n) is 5.32. The first-order valence-corrected chi connectivity index (χ1v) is 11.5. The minimum absolute atomic E-state index is 0.317. The third-order valence-electron chi connectivity index (χ3n) is 2.36. The van der Waals surface area contributed by atoms with Gasteiger partial charge in [0.15, 0.2) is 11.4 Å². The van der Waals surface area contributed by atoms with Gasteiger partial charge in [0.05, 0.1) is 21.8 Å². The lowest BCUT2D eigenvalue weighted by molar-refractivity contribution is 1.28. The first-order valence-electron chi connectivity index (χ1n) is 6.35. The molecule has 0 aliphatic rings. The Morgan fingerprint density at radius 2 is 1.95 bits per heavy atom. The number of hydrogen-bond donors (Lipinski definition) is 1. The Balaban J connectivity index is 3.48. The maximum atomic E-state index is 9.10. The zero-order valence-electron chi connectivity index (χ0n) is 12.8. The molecule has 0 saturated carbocycles. The molecule has 1 aromatic rings. The van der Waals surface area contributed by atoms with E-state index in [0.717, 1.165) is 0 Å². The van der Waals surface area contributed by atoms with Crippen molar-refractivity contribution in [3.8, 4) is 23.7 Å². The summed E-state index contributed by atoms with van der Waals surface area (Å²) in [6.07, 6.45) is 3.64. The van der Waals surface area contributed by atoms with E-state index in [2.05, 4.69) is 41.4 Å². The van der Waals surface area contributed by atoms with Gasteiger partial charge < -0.3 is 0 Å². The lowest BCUT2D eigenvalue weighted by Crippen LogP contribution is -2.16. The quantitative estimate of drug-likeness (QED) is 0.209. The smallest absolute Gasteiger partial charge is 0.183 e. The second kappa shape index (κ2) is 7.92. The Hall–Kier alpha value is -1.91. The number of nitrogens with zero attached hydrogens (tertiary/aromatic N) is 3. The molecular weight excluding hydrogens is 332 g/mol. The van der Waals surface area contributed by atoms with Crippen LogP contribution in [-0.2, 0) is 0 Å². The van der Waals surface area contributed by atoms with Gasteiger partial charge in [-0.3, -0.25) is 5.32 Å². The van der Waals surface area contributed by atoms with Gasteiger partial charge >= 0.3 is 0 Å². The minimum Gasteiger partial charge on any atom is -0.271 e. The SMILES string of the molecule is CSC(=Nc1cc(Cl)c(C#N)cc1C#C[Si](C)(C)C)NC#N. The number of nitriles is 2. The van der Waals surface area contributed by atoms with Gasteiger partial charge in [-0.25, -0.2) is 4.99 Å². The van der Waals surface area contributed by atoms with E-state index in [4.69, 9.17) is 22.1 Å². The highest BCUT2D eigenvalue weighted by Gasteiger charge is 2.11. The fourth-order valence-corrected chi connectivity index (χ4v) is 2.42. The molecule has 0 fully saturated rings. The first kappa shape index (κ1) is 18.1. The molecule has 112 valence electrons. The van der Waals surface area contributed by atoms with Crippen molar-refractivity contribution >= 4 is 42.3 Å². The predicted molar refractivity (Wildman–Crippen MR) is 95.7 cm³/mol. The number of rotatable bonds is 1. The molecule has 4 nitrogen and oxygen atoms in total. The Morgan fingerprint density at radius 3 is 2.45 bits per heavy atom. The number of nitrogens with one attached hydrogen (secondary N) is 1. The van der Waals surface area contributed by atoms with Crippen LogP contribution in [-0.4, -0.2) is 19.5 Å². The van der Waals surface area contributed by atoms with Gasteiger partial charge in [0, 0.05) is 0 Å². The van der Waals surface area contributed by atoms with E-state index < -0.39 is 8.07 Å². The van der Waals surface area contributed by atoms with Crippen molar-refractivity contribution in [2.75, 3.05) is 6.26 Å². The summed E-state index contributed by atoms with van der Waals surface area (Å²) >= 11 is 7.38. The highest BCUT2D eigenvalue weighted by molar-refractivity contribution is 8.13. The van der Waals surface area contributed by atoms with Gasteiger partial charge in [-0.05, 0) is 18.4 Å². The molecule has 1 N–H and O–H groups in total. The monoisotopic (exact) mass is 346 g/mol. The molecule has 0 saturated heterocycles. The standard InChI is InChI=1S/C15H15ClN4SSi/c1-21-15(19-10-18)20-14-8-13(16)12(9-17)7-11(14)5-6-22(2,3)4/h7-8H,1-4H3,(H,19,20). The summed E-state index contributed by atoms with van der Waals surface area (Å²) in [5.74, 6) is 3.10. The molecule has 1 rings (SSSR count). The van der Waals surface area contributed by atoms with Crippen molar-refractivity contribution in [1.82, 2.24) is 5.32 Å². The molecule has 0 bridgehead atoms. The number of amidine groups is 1. The number of halogens is 1. The van der Waals surface area contributed by atoms with Crippen LogP contribution in [0.25, 0.3) is 0 Å². The summed E-state index contributed by atoms with van der Waals surface area (Å²) in [7, 11) is -1.57. The molecule has 0 atom stereocenters. The van der Waals surface area contributed by atoms with Gasteiger partial charge in [-0.2, -0.15) is 10.5 Å². The van der Waals surface area contributed by atoms with Crippen LogP contribution in [0.5, 0.6) is 0 Å². The summed E-state index contributed by atoms with van der Waals surface area (Å²) in [5.41, 5.74) is 4.79. The molecule has 0 amide bonds. The molecule has 0 aliphatic heterocycles. The van der Waals surface area contributed by atoms with Gasteiger partial charge in [0.2, 0.25) is 0 Å². The normalized spacial score (nSPS) is 11.0. The van der Waals surface area contributed by atoms with Crippen molar-refractivity contribution in [1.29, 1.82) is 10.5 Å². The van der Waals surface area contributed by atoms with E-state index in [0.29, 0.717) is 27.0 Å². The van der Waals surface area contributed by atoms with Crippen LogP contribution in [0, 0.1) is 34.3 Å². The summed E-state index contributed by atoms with van der Waals surface area (Å²) in [6.45, 7) is 6.40. The number of thioether (sulfide) groups is 1. The molecule has 0 spiro atoms. The lowest BCUT2D eigenvalue weighted by atomic mass is 10.1. The molecule has 0 radical (unpaired) electrons. The second-order valence-corrected chi connectivity index (χ2v) is 11.3. The van der Waals surface area contributed by atoms with Crippen LogP contribution in [0.4, 0.5) is 5.69 Å². The topological polar surface area (TPSA) is 72.0 Å². The molecule has 0 heterocycles. The Labute approximate surface area is 141 Å². The average molecular weight is 347 g/mol. The first-order chi connectivity index (χ1) is 10.3. The summed E-state index contributed by atoms with van der Waals surface area (Å²) < 4.78 is 0. The van der Waals surface area contributed by atoms with Crippen molar-refractivity contribution in [3.63, 3.8) is 0 Å². The lowest BCUT2D eigenvalue weighted by Gasteiger charge is -2.07. The third-order valence-corrected chi connectivity index (χ3v) is 4.12. The molecule has 7 heteroatoms. The van der Waals surface area contributed by atoms with Crippen LogP contribution in [0.2, 0.25) is 24.7 Å². The fraction of sp³-hybridized carbons (Fsp3) is 0.267. The van der Waals surface area contributed by atoms with E-state index in [1.807, 2.05) is 18.5 Å². The van der Waals surface area contributed by atoms with Crippen LogP contribution in [0.1, 0.15) is 11.1 Å². The largest absolute Gasteiger partial charge is 0.271 e. The number of aliphatic imine (C=N–C) groups is 1. The van der Waals surface area contributed by atoms with Crippen LogP contribution in [0.3, 0.4) is 0 Å². The number of hydrogen-bond acceptors (Lipinski definition) is 4. The molecule has 0 aliphatic carbocycles. The third kappa shape index (κ3) is 5.46. The van der Waals surface area contributed by atoms with Gasteiger partial charge in [0.25, 0.3) is 0 Å². The van der Waals surface area contributed by atoms with Gasteiger partial charge in [-0.15, -0.1) is 5.54 Å². The zero-order chi connectivity index (χ0) is 16.8. The summed E-state index contributed by atoms with van der Waals surface area (Å²) in [5, 5.41) is 21.1. The van der Waals surface area contributed by atoms with Crippen molar-refractivity contribution in [2.45, 2.75) is 19.6 Å². The van der Waals surface area contributed by atoms with E-state index in [-0.39, 0.29) is 0 Å². The average Bonchev–Trinajstić information content (AvgIpc) is 2.44. The number of benzene rings is 1. The predicted octanol–water partition coefficient (Wildman–Crippen LogP) is 3.86. The Morgan fingerprint density at radius 1 is 1.27 bits per heavy atom. The summed E-state index contributed by atoms with van der Waals surface area (Å²) in [4.78, 5) is 4.37. The fourth-order valence-electron chi connectivity index (χ4n) is 1.38. The van der Waals surface area contributed by atoms with Gasteiger partial charge in [0.1, 0.15) is 14.1 Å². The van der Waals surface area contributed by atoms with Crippen LogP contribution in [0.15, 0.2) is 17.1 Å². The van der Waals surface area contributed by atoms with Crippen LogP contribution < -0.4 is 5.32 Å². The van der Waals surface area contributed by atoms with E-state index in [1.165, 1.54) is 11.8 Å². The Bertz CT molecular complexity index is 742. The molecule has 0 aromatic heterocycles. The zero-order valence-corrected chi connectivity index (χ0v) is 15.4. The van der Waals surface area contributed by atoms with Crippen LogP contribution >= 0.6 is 23.4 Å². The highest BCUT2D eigenvalue weighted by Crippen LogP contribution is 2.27. The van der Waals surface area contributed by atoms with E-state index >= 15 is 0 Å². The molecule has 22 heavy (non-hydrogen) atoms. The molecule has 1 aromatic carbocycles. The van der Waals surface area contributed by atoms with Crippen molar-refractivity contribution in [3.05, 3.63) is 28.3 Å². The Kier molecular flexibility index (Phi) is 6.53. The van der Waals surface area contributed by atoms with Crippen molar-refractivity contribution in [2.24, 2.45) is 4.99 Å². The minimum atomic E-state index is -1.57. The van der Waals surface area contributed by atoms with E-state index in [9.17, 15) is 0 Å². The van der Waals surface area contributed by atoms with Gasteiger partial charge in [-0.1, -0.05) is 48.9 Å². The van der Waals surface area contributed by atoms with E-state index in [1.54, 1.807) is 12.1 Å².